The molecule has 2 saturated heterocycles. The first-order valence-electron chi connectivity index (χ1n) is 6.72. The van der Waals surface area contributed by atoms with Gasteiger partial charge in [0, 0.05) is 6.22 Å². The molecular weight excluding hydrogens is 230 g/mol. The topological polar surface area (TPSA) is 36.9 Å². The highest BCUT2D eigenvalue weighted by molar-refractivity contribution is 6.65. The molecule has 0 radical (unpaired) electrons. The second kappa shape index (κ2) is 4.23. The van der Waals surface area contributed by atoms with Crippen LogP contribution in [-0.2, 0) is 18.6 Å². The first-order valence-corrected chi connectivity index (χ1v) is 6.72. The molecule has 0 aromatic rings. The van der Waals surface area contributed by atoms with Crippen molar-refractivity contribution < 1.29 is 18.6 Å². The summed E-state index contributed by atoms with van der Waals surface area (Å²) in [5.74, 6) is 0. The van der Waals surface area contributed by atoms with Crippen molar-refractivity contribution in [2.45, 2.75) is 77.6 Å². The third kappa shape index (κ3) is 2.48. The number of rotatable bonds is 2. The van der Waals surface area contributed by atoms with Gasteiger partial charge in [0.15, 0.2) is 0 Å². The summed E-state index contributed by atoms with van der Waals surface area (Å²) in [5, 5.41) is 0. The molecule has 0 aromatic carbocycles. The summed E-state index contributed by atoms with van der Waals surface area (Å²) in [4.78, 5) is 0. The van der Waals surface area contributed by atoms with Crippen LogP contribution in [0.25, 0.3) is 0 Å². The molecule has 0 aliphatic carbocycles. The Hall–Kier alpha value is -0.0301. The van der Waals surface area contributed by atoms with Crippen LogP contribution in [0.1, 0.15) is 48.5 Å². The van der Waals surface area contributed by atoms with E-state index in [2.05, 4.69) is 27.7 Å². The zero-order chi connectivity index (χ0) is 13.8. The normalized spacial score (nSPS) is 33.2. The van der Waals surface area contributed by atoms with Crippen LogP contribution in [-0.4, -0.2) is 37.1 Å². The molecule has 0 saturated carbocycles. The van der Waals surface area contributed by atoms with E-state index >= 15 is 0 Å². The Morgan fingerprint density at radius 2 is 1.33 bits per heavy atom. The molecule has 2 fully saturated rings. The molecular formula is C12H24B2O4. The summed E-state index contributed by atoms with van der Waals surface area (Å²) in [6.07, 6.45) is 0.700. The summed E-state index contributed by atoms with van der Waals surface area (Å²) >= 11 is 0. The Labute approximate surface area is 111 Å². The lowest BCUT2D eigenvalue weighted by Gasteiger charge is -2.32. The lowest BCUT2D eigenvalue weighted by molar-refractivity contribution is 0.00578. The van der Waals surface area contributed by atoms with Crippen LogP contribution < -0.4 is 0 Å². The SMILES string of the molecule is CC1OB(CB2OC(C)(C)C(C)(C)O2)OC1(C)C. The zero-order valence-electron chi connectivity index (χ0n) is 12.6. The lowest BCUT2D eigenvalue weighted by atomic mass is 9.64. The monoisotopic (exact) mass is 254 g/mol. The molecule has 0 N–H and O–H groups in total. The van der Waals surface area contributed by atoms with E-state index in [1.807, 2.05) is 20.8 Å². The minimum atomic E-state index is -0.294. The molecule has 102 valence electrons. The number of hydrogen-bond acceptors (Lipinski definition) is 4. The predicted octanol–water partition coefficient (Wildman–Crippen LogP) is 2.32. The van der Waals surface area contributed by atoms with Crippen LogP contribution in [0.15, 0.2) is 0 Å². The van der Waals surface area contributed by atoms with E-state index in [4.69, 9.17) is 18.6 Å². The summed E-state index contributed by atoms with van der Waals surface area (Å²) < 4.78 is 23.6. The van der Waals surface area contributed by atoms with E-state index in [0.29, 0.717) is 6.22 Å². The quantitative estimate of drug-likeness (QED) is 0.708. The molecule has 2 aliphatic heterocycles. The van der Waals surface area contributed by atoms with E-state index in [9.17, 15) is 0 Å². The second-order valence-electron chi connectivity index (χ2n) is 6.85. The van der Waals surface area contributed by atoms with Crippen molar-refractivity contribution in [3.8, 4) is 0 Å². The summed E-state index contributed by atoms with van der Waals surface area (Å²) in [6.45, 7) is 14.3. The Morgan fingerprint density at radius 1 is 0.833 bits per heavy atom. The van der Waals surface area contributed by atoms with Crippen LogP contribution >= 0.6 is 0 Å². The van der Waals surface area contributed by atoms with Gasteiger partial charge < -0.3 is 18.6 Å². The molecule has 2 aliphatic rings. The molecule has 18 heavy (non-hydrogen) atoms. The maximum absolute atomic E-state index is 5.95. The molecule has 0 amide bonds. The Morgan fingerprint density at radius 3 is 1.72 bits per heavy atom. The number of hydrogen-bond donors (Lipinski definition) is 0. The predicted molar refractivity (Wildman–Crippen MR) is 72.4 cm³/mol. The van der Waals surface area contributed by atoms with Crippen LogP contribution in [0.4, 0.5) is 0 Å². The zero-order valence-corrected chi connectivity index (χ0v) is 12.6. The van der Waals surface area contributed by atoms with E-state index in [1.54, 1.807) is 0 Å². The van der Waals surface area contributed by atoms with Crippen LogP contribution in [0, 0.1) is 0 Å². The molecule has 6 heteroatoms. The van der Waals surface area contributed by atoms with Crippen molar-refractivity contribution in [3.63, 3.8) is 0 Å². The van der Waals surface area contributed by atoms with Crippen molar-refractivity contribution in [1.82, 2.24) is 0 Å². The van der Waals surface area contributed by atoms with Gasteiger partial charge in [-0.05, 0) is 48.5 Å². The van der Waals surface area contributed by atoms with E-state index < -0.39 is 0 Å². The third-order valence-electron chi connectivity index (χ3n) is 4.46. The maximum Gasteiger partial charge on any atom is 0.455 e. The van der Waals surface area contributed by atoms with E-state index in [0.717, 1.165) is 0 Å². The van der Waals surface area contributed by atoms with Gasteiger partial charge in [0.2, 0.25) is 0 Å². The van der Waals surface area contributed by atoms with Crippen LogP contribution in [0.2, 0.25) is 6.22 Å². The molecule has 2 heterocycles. The fourth-order valence-electron chi connectivity index (χ4n) is 2.18. The summed E-state index contributed by atoms with van der Waals surface area (Å²) in [7, 11) is -0.509. The fraction of sp³-hybridized carbons (Fsp3) is 1.00. The van der Waals surface area contributed by atoms with Gasteiger partial charge >= 0.3 is 14.2 Å². The fourth-order valence-corrected chi connectivity index (χ4v) is 2.18. The van der Waals surface area contributed by atoms with Gasteiger partial charge in [0.05, 0.1) is 22.9 Å². The average molecular weight is 254 g/mol. The average Bonchev–Trinajstić information content (AvgIpc) is 2.47. The van der Waals surface area contributed by atoms with Crippen molar-refractivity contribution in [3.05, 3.63) is 0 Å². The smallest absolute Gasteiger partial charge is 0.406 e. The molecule has 1 atom stereocenters. The van der Waals surface area contributed by atoms with Gasteiger partial charge in [0.25, 0.3) is 0 Å². The Kier molecular flexibility index (Phi) is 3.38. The Balaban J connectivity index is 1.94. The lowest BCUT2D eigenvalue weighted by Crippen LogP contribution is -2.41. The van der Waals surface area contributed by atoms with Crippen molar-refractivity contribution in [2.75, 3.05) is 0 Å². The van der Waals surface area contributed by atoms with E-state index in [1.165, 1.54) is 0 Å². The van der Waals surface area contributed by atoms with Gasteiger partial charge in [0.1, 0.15) is 0 Å². The van der Waals surface area contributed by atoms with Gasteiger partial charge in [-0.1, -0.05) is 0 Å². The van der Waals surface area contributed by atoms with Crippen molar-refractivity contribution in [2.24, 2.45) is 0 Å². The highest BCUT2D eigenvalue weighted by atomic mass is 16.7. The maximum atomic E-state index is 5.95. The van der Waals surface area contributed by atoms with Crippen LogP contribution in [0.3, 0.4) is 0 Å². The Bertz CT molecular complexity index is 314. The van der Waals surface area contributed by atoms with Crippen LogP contribution in [0.5, 0.6) is 0 Å². The highest BCUT2D eigenvalue weighted by Crippen LogP contribution is 2.39. The largest absolute Gasteiger partial charge is 0.455 e. The van der Waals surface area contributed by atoms with Gasteiger partial charge in [-0.15, -0.1) is 0 Å². The minimum Gasteiger partial charge on any atom is -0.406 e. The first-order chi connectivity index (χ1) is 8.03. The highest BCUT2D eigenvalue weighted by Gasteiger charge is 2.54. The molecule has 2 rings (SSSR count). The molecule has 0 bridgehead atoms. The molecule has 4 nitrogen and oxygen atoms in total. The summed E-state index contributed by atoms with van der Waals surface area (Å²) in [5.41, 5.74) is -0.830. The standard InChI is InChI=1S/C12H24B2O4/c1-9-10(2,3)16-13(15-9)8-14-17-11(4,5)12(6,7)18-14/h9H,8H2,1-7H3. The van der Waals surface area contributed by atoms with Gasteiger partial charge in [-0.3, -0.25) is 0 Å². The van der Waals surface area contributed by atoms with Crippen molar-refractivity contribution in [1.29, 1.82) is 0 Å². The molecule has 0 spiro atoms. The molecule has 0 aromatic heterocycles. The van der Waals surface area contributed by atoms with Gasteiger partial charge in [-0.25, -0.2) is 0 Å². The van der Waals surface area contributed by atoms with Gasteiger partial charge in [-0.2, -0.15) is 0 Å². The van der Waals surface area contributed by atoms with Crippen molar-refractivity contribution >= 4 is 14.2 Å². The van der Waals surface area contributed by atoms with E-state index in [-0.39, 0.29) is 37.1 Å². The summed E-state index contributed by atoms with van der Waals surface area (Å²) in [6, 6.07) is 0. The minimum absolute atomic E-state index is 0.0879. The first kappa shape index (κ1) is 14.4. The second-order valence-corrected chi connectivity index (χ2v) is 6.85. The molecule has 1 unspecified atom stereocenters. The third-order valence-corrected chi connectivity index (χ3v) is 4.46.